The Morgan fingerprint density at radius 1 is 1.09 bits per heavy atom. The number of pyridine rings is 1. The zero-order chi connectivity index (χ0) is 23.5. The Bertz CT molecular complexity index is 1240. The van der Waals surface area contributed by atoms with Crippen LogP contribution in [-0.4, -0.2) is 42.3 Å². The molecule has 0 saturated carbocycles. The summed E-state index contributed by atoms with van der Waals surface area (Å²) in [6, 6.07) is 5.04. The van der Waals surface area contributed by atoms with Crippen LogP contribution < -0.4 is 19.5 Å². The van der Waals surface area contributed by atoms with Crippen LogP contribution in [0.25, 0.3) is 0 Å². The number of methoxy groups -OCH3 is 2. The van der Waals surface area contributed by atoms with Gasteiger partial charge in [0.25, 0.3) is 0 Å². The van der Waals surface area contributed by atoms with E-state index < -0.39 is 29.0 Å². The van der Waals surface area contributed by atoms with Gasteiger partial charge in [0.1, 0.15) is 22.1 Å². The SMILES string of the molecule is COc1cc(OC)c2c(c1Cl)O[C@@]1(C(=O)C3=C(C[C@H]1C)NC(=O)C[C@H]3c1ccncc1)C2=O. The first-order valence-electron chi connectivity index (χ1n) is 10.5. The van der Waals surface area contributed by atoms with E-state index in [4.69, 9.17) is 25.8 Å². The maximum Gasteiger partial charge on any atom is 0.236 e. The van der Waals surface area contributed by atoms with Crippen LogP contribution in [0.2, 0.25) is 5.02 Å². The predicted molar refractivity (Wildman–Crippen MR) is 118 cm³/mol. The van der Waals surface area contributed by atoms with E-state index in [1.54, 1.807) is 31.5 Å². The first kappa shape index (κ1) is 21.5. The molecule has 3 heterocycles. The van der Waals surface area contributed by atoms with Crippen molar-refractivity contribution in [1.29, 1.82) is 0 Å². The average molecular weight is 469 g/mol. The Labute approximate surface area is 194 Å². The predicted octanol–water partition coefficient (Wildman–Crippen LogP) is 3.23. The van der Waals surface area contributed by atoms with E-state index >= 15 is 0 Å². The van der Waals surface area contributed by atoms with E-state index in [0.717, 1.165) is 5.56 Å². The highest BCUT2D eigenvalue weighted by Gasteiger charge is 2.63. The van der Waals surface area contributed by atoms with Crippen molar-refractivity contribution in [1.82, 2.24) is 10.3 Å². The van der Waals surface area contributed by atoms with Crippen LogP contribution in [0.1, 0.15) is 41.6 Å². The normalized spacial score (nSPS) is 26.0. The number of aromatic nitrogens is 1. The van der Waals surface area contributed by atoms with Gasteiger partial charge in [0.2, 0.25) is 23.1 Å². The van der Waals surface area contributed by atoms with Gasteiger partial charge < -0.3 is 19.5 Å². The standard InChI is InChI=1S/C24H21ClN2O6/c1-11-8-14-18(13(9-17(28)27-14)12-4-6-26-7-5-12)22(29)24(11)23(30)19-15(31-2)10-16(32-3)20(25)21(19)33-24/h4-7,10-11,13H,8-9H2,1-3H3,(H,27,28)/t11-,13+,24+/m1/s1. The number of hydrogen-bond donors (Lipinski definition) is 1. The molecular formula is C24H21ClN2O6. The van der Waals surface area contributed by atoms with Crippen LogP contribution in [0.3, 0.4) is 0 Å². The van der Waals surface area contributed by atoms with Gasteiger partial charge in [-0.2, -0.15) is 0 Å². The van der Waals surface area contributed by atoms with Gasteiger partial charge in [-0.05, 0) is 24.1 Å². The smallest absolute Gasteiger partial charge is 0.236 e. The Kier molecular flexibility index (Phi) is 4.93. The fourth-order valence-corrected chi connectivity index (χ4v) is 5.33. The van der Waals surface area contributed by atoms with Crippen LogP contribution in [0.5, 0.6) is 17.2 Å². The van der Waals surface area contributed by atoms with E-state index in [9.17, 15) is 14.4 Å². The zero-order valence-corrected chi connectivity index (χ0v) is 19.0. The highest BCUT2D eigenvalue weighted by atomic mass is 35.5. The third-order valence-corrected chi connectivity index (χ3v) is 7.02. The number of ether oxygens (including phenoxy) is 3. The molecule has 3 aliphatic rings. The third kappa shape index (κ3) is 2.90. The zero-order valence-electron chi connectivity index (χ0n) is 18.2. The number of hydrogen-bond acceptors (Lipinski definition) is 7. The Balaban J connectivity index is 1.68. The molecule has 2 aliphatic heterocycles. The van der Waals surface area contributed by atoms with E-state index in [-0.39, 0.29) is 46.6 Å². The van der Waals surface area contributed by atoms with Crippen molar-refractivity contribution in [3.8, 4) is 17.2 Å². The molecule has 170 valence electrons. The molecule has 1 aromatic carbocycles. The van der Waals surface area contributed by atoms with Crippen molar-refractivity contribution in [2.75, 3.05) is 14.2 Å². The molecule has 8 nitrogen and oxygen atoms in total. The number of carbonyl (C=O) groups excluding carboxylic acids is 3. The fourth-order valence-electron chi connectivity index (χ4n) is 5.07. The summed E-state index contributed by atoms with van der Waals surface area (Å²) in [7, 11) is 2.86. The number of Topliss-reactive ketones (excluding diaryl/α,β-unsaturated/α-hetero) is 2. The molecule has 0 unspecified atom stereocenters. The lowest BCUT2D eigenvalue weighted by Gasteiger charge is -2.41. The number of ketones is 2. The van der Waals surface area contributed by atoms with Gasteiger partial charge in [0.05, 0.1) is 14.2 Å². The second-order valence-electron chi connectivity index (χ2n) is 8.38. The first-order valence-corrected chi connectivity index (χ1v) is 10.9. The van der Waals surface area contributed by atoms with Crippen molar-refractivity contribution in [2.24, 2.45) is 5.92 Å². The van der Waals surface area contributed by atoms with E-state index in [2.05, 4.69) is 10.3 Å². The highest BCUT2D eigenvalue weighted by Crippen LogP contribution is 2.55. The summed E-state index contributed by atoms with van der Waals surface area (Å²) in [5.41, 5.74) is -0.0163. The summed E-state index contributed by atoms with van der Waals surface area (Å²) in [5.74, 6) is -1.68. The van der Waals surface area contributed by atoms with Crippen molar-refractivity contribution in [2.45, 2.75) is 31.3 Å². The van der Waals surface area contributed by atoms with Crippen LogP contribution in [0, 0.1) is 5.92 Å². The van der Waals surface area contributed by atoms with Gasteiger partial charge in [0, 0.05) is 48.0 Å². The maximum absolute atomic E-state index is 14.1. The van der Waals surface area contributed by atoms with Crippen molar-refractivity contribution < 1.29 is 28.6 Å². The number of fused-ring (bicyclic) bond motifs is 1. The number of amides is 1. The molecule has 1 amide bonds. The number of rotatable bonds is 3. The maximum atomic E-state index is 14.1. The minimum Gasteiger partial charge on any atom is -0.496 e. The number of allylic oxidation sites excluding steroid dienone is 1. The highest BCUT2D eigenvalue weighted by molar-refractivity contribution is 6.36. The average Bonchev–Trinajstić information content (AvgIpc) is 3.13. The topological polar surface area (TPSA) is 104 Å². The first-order chi connectivity index (χ1) is 15.8. The van der Waals surface area contributed by atoms with Gasteiger partial charge in [-0.15, -0.1) is 0 Å². The molecule has 0 saturated heterocycles. The van der Waals surface area contributed by atoms with Crippen LogP contribution in [0.15, 0.2) is 41.9 Å². The van der Waals surface area contributed by atoms with E-state index in [1.807, 2.05) is 0 Å². The molecule has 1 aliphatic carbocycles. The van der Waals surface area contributed by atoms with E-state index in [0.29, 0.717) is 11.3 Å². The van der Waals surface area contributed by atoms with Gasteiger partial charge in [-0.3, -0.25) is 19.4 Å². The molecule has 9 heteroatoms. The number of carbonyl (C=O) groups is 3. The molecule has 0 radical (unpaired) electrons. The molecule has 5 rings (SSSR count). The summed E-state index contributed by atoms with van der Waals surface area (Å²) in [6.45, 7) is 1.76. The quantitative estimate of drug-likeness (QED) is 0.689. The summed E-state index contributed by atoms with van der Waals surface area (Å²) < 4.78 is 16.9. The summed E-state index contributed by atoms with van der Waals surface area (Å²) >= 11 is 6.48. The molecule has 1 N–H and O–H groups in total. The lowest BCUT2D eigenvalue weighted by molar-refractivity contribution is -0.131. The second-order valence-corrected chi connectivity index (χ2v) is 8.76. The van der Waals surface area contributed by atoms with Crippen molar-refractivity contribution >= 4 is 29.1 Å². The van der Waals surface area contributed by atoms with E-state index in [1.165, 1.54) is 20.3 Å². The molecule has 1 spiro atoms. The molecule has 33 heavy (non-hydrogen) atoms. The Morgan fingerprint density at radius 2 is 1.79 bits per heavy atom. The summed E-state index contributed by atoms with van der Waals surface area (Å²) in [6.07, 6.45) is 3.58. The number of nitrogens with zero attached hydrogens (tertiary/aromatic N) is 1. The van der Waals surface area contributed by atoms with Gasteiger partial charge in [0.15, 0.2) is 5.75 Å². The van der Waals surface area contributed by atoms with Crippen LogP contribution in [-0.2, 0) is 9.59 Å². The number of benzene rings is 1. The number of halogens is 1. The molecule has 2 aromatic rings. The molecule has 3 atom stereocenters. The van der Waals surface area contributed by atoms with Crippen LogP contribution >= 0.6 is 11.6 Å². The minimum absolute atomic E-state index is 0.0717. The second kappa shape index (κ2) is 7.59. The summed E-state index contributed by atoms with van der Waals surface area (Å²) in [4.78, 5) is 44.5. The molecule has 0 bridgehead atoms. The minimum atomic E-state index is -1.81. The molecular weight excluding hydrogens is 448 g/mol. The van der Waals surface area contributed by atoms with Crippen molar-refractivity contribution in [3.63, 3.8) is 0 Å². The molecule has 1 aromatic heterocycles. The van der Waals surface area contributed by atoms with Gasteiger partial charge in [-0.25, -0.2) is 0 Å². The lowest BCUT2D eigenvalue weighted by atomic mass is 9.66. The van der Waals surface area contributed by atoms with Crippen molar-refractivity contribution in [3.05, 3.63) is 58.0 Å². The Morgan fingerprint density at radius 3 is 2.45 bits per heavy atom. The van der Waals surface area contributed by atoms with Gasteiger partial charge in [-0.1, -0.05) is 18.5 Å². The largest absolute Gasteiger partial charge is 0.496 e. The van der Waals surface area contributed by atoms with Gasteiger partial charge >= 0.3 is 0 Å². The monoisotopic (exact) mass is 468 g/mol. The lowest BCUT2D eigenvalue weighted by Crippen LogP contribution is -2.59. The summed E-state index contributed by atoms with van der Waals surface area (Å²) in [5, 5.41) is 2.94. The fraction of sp³-hybridized carbons (Fsp3) is 0.333. The third-order valence-electron chi connectivity index (χ3n) is 6.67. The Hall–Kier alpha value is -3.39. The molecule has 0 fully saturated rings. The number of nitrogens with one attached hydrogen (secondary N) is 1. The van der Waals surface area contributed by atoms with Crippen LogP contribution in [0.4, 0.5) is 0 Å².